The van der Waals surface area contributed by atoms with Crippen molar-refractivity contribution in [3.8, 4) is 0 Å². The first-order valence-corrected chi connectivity index (χ1v) is 7.18. The Balaban J connectivity index is 2.47. The van der Waals surface area contributed by atoms with Gasteiger partial charge in [0.25, 0.3) is 0 Å². The normalized spacial score (nSPS) is 10.9. The largest absolute Gasteiger partial charge is 0.412 e. The van der Waals surface area contributed by atoms with Crippen LogP contribution in [0.3, 0.4) is 0 Å². The predicted molar refractivity (Wildman–Crippen MR) is 63.3 cm³/mol. The maximum atomic E-state index is 5.83. The van der Waals surface area contributed by atoms with E-state index < -0.39 is 9.04 Å². The topological polar surface area (TPSA) is 9.23 Å². The fraction of sp³-hybridized carbons (Fsp3) is 0.500. The molecule has 0 aliphatic heterocycles. The van der Waals surface area contributed by atoms with Crippen molar-refractivity contribution >= 4 is 14.2 Å². The molecule has 77 valence electrons. The van der Waals surface area contributed by atoms with E-state index in [-0.39, 0.29) is 0 Å². The van der Waals surface area contributed by atoms with Gasteiger partial charge in [-0.15, -0.1) is 0 Å². The highest BCUT2D eigenvalue weighted by Crippen LogP contribution is 1.97. The number of rotatable bonds is 5. The third kappa shape index (κ3) is 3.64. The molecule has 1 aromatic carbocycles. The molecule has 2 heteroatoms. The Morgan fingerprint density at radius 2 is 2.14 bits per heavy atom. The van der Waals surface area contributed by atoms with Crippen LogP contribution in [0.2, 0.25) is 6.55 Å². The van der Waals surface area contributed by atoms with Crippen LogP contribution in [0.5, 0.6) is 0 Å². The summed E-state index contributed by atoms with van der Waals surface area (Å²) in [6.07, 6.45) is 2.39. The fourth-order valence-corrected chi connectivity index (χ4v) is 2.70. The minimum absolute atomic E-state index is 0.762. The van der Waals surface area contributed by atoms with Crippen molar-refractivity contribution in [2.75, 3.05) is 6.61 Å². The summed E-state index contributed by atoms with van der Waals surface area (Å²) in [6.45, 7) is 7.45. The van der Waals surface area contributed by atoms with Gasteiger partial charge >= 0.3 is 0 Å². The van der Waals surface area contributed by atoms with Crippen molar-refractivity contribution < 1.29 is 4.43 Å². The number of aryl methyl sites for hydroxylation is 1. The molecule has 1 aromatic rings. The summed E-state index contributed by atoms with van der Waals surface area (Å²) >= 11 is 0. The van der Waals surface area contributed by atoms with Crippen LogP contribution in [0.1, 0.15) is 25.3 Å². The quantitative estimate of drug-likeness (QED) is 0.533. The summed E-state index contributed by atoms with van der Waals surface area (Å²) < 4.78 is 5.83. The summed E-state index contributed by atoms with van der Waals surface area (Å²) in [5, 5.41) is 1.38. The number of unbranched alkanes of at least 4 members (excludes halogenated alkanes) is 1. The Morgan fingerprint density at radius 3 is 2.79 bits per heavy atom. The Bertz CT molecular complexity index is 273. The van der Waals surface area contributed by atoms with Gasteiger partial charge in [-0.3, -0.25) is 0 Å². The third-order valence-electron chi connectivity index (χ3n) is 2.24. The first kappa shape index (κ1) is 11.5. The number of hydrogen-bond acceptors (Lipinski definition) is 1. The van der Waals surface area contributed by atoms with Crippen LogP contribution in [0.25, 0.3) is 0 Å². The second-order valence-electron chi connectivity index (χ2n) is 3.63. The third-order valence-corrected chi connectivity index (χ3v) is 4.00. The molecule has 0 saturated carbocycles. The molecule has 0 aliphatic rings. The van der Waals surface area contributed by atoms with Gasteiger partial charge in [-0.25, -0.2) is 0 Å². The van der Waals surface area contributed by atoms with Gasteiger partial charge in [-0.05, 0) is 25.1 Å². The zero-order valence-corrected chi connectivity index (χ0v) is 10.3. The van der Waals surface area contributed by atoms with Crippen LogP contribution in [-0.4, -0.2) is 15.6 Å². The molecule has 1 nitrogen and oxygen atoms in total. The van der Waals surface area contributed by atoms with Gasteiger partial charge in [-0.2, -0.15) is 0 Å². The summed E-state index contributed by atoms with van der Waals surface area (Å²) in [5.41, 5.74) is 1.32. The maximum absolute atomic E-state index is 5.83. The summed E-state index contributed by atoms with van der Waals surface area (Å²) in [4.78, 5) is 0. The van der Waals surface area contributed by atoms with E-state index in [0.717, 1.165) is 6.61 Å². The van der Waals surface area contributed by atoms with E-state index in [1.807, 2.05) is 0 Å². The van der Waals surface area contributed by atoms with E-state index in [1.165, 1.54) is 23.6 Å². The summed E-state index contributed by atoms with van der Waals surface area (Å²) in [6, 6.07) is 8.65. The predicted octanol–water partition coefficient (Wildman–Crippen LogP) is 2.64. The standard InChI is InChI=1S/C12H19OSi/c1-4-5-9-13-14(3)12-8-6-7-11(2)10-12/h6-8,10H,4-5,9H2,1-3H3. The van der Waals surface area contributed by atoms with Crippen LogP contribution in [0.15, 0.2) is 24.3 Å². The van der Waals surface area contributed by atoms with Crippen LogP contribution < -0.4 is 5.19 Å². The lowest BCUT2D eigenvalue weighted by Crippen LogP contribution is -2.30. The number of benzene rings is 1. The molecule has 0 bridgehead atoms. The van der Waals surface area contributed by atoms with Gasteiger partial charge in [0.2, 0.25) is 9.04 Å². The van der Waals surface area contributed by atoms with Gasteiger partial charge in [0.05, 0.1) is 0 Å². The van der Waals surface area contributed by atoms with Gasteiger partial charge < -0.3 is 4.43 Å². The van der Waals surface area contributed by atoms with Crippen molar-refractivity contribution in [3.63, 3.8) is 0 Å². The molecule has 1 radical (unpaired) electrons. The highest BCUT2D eigenvalue weighted by molar-refractivity contribution is 6.66. The molecule has 0 amide bonds. The lowest BCUT2D eigenvalue weighted by atomic mass is 10.2. The molecule has 0 fully saturated rings. The van der Waals surface area contributed by atoms with Crippen molar-refractivity contribution in [2.24, 2.45) is 0 Å². The molecular weight excluding hydrogens is 188 g/mol. The molecule has 0 aliphatic carbocycles. The van der Waals surface area contributed by atoms with E-state index in [0.29, 0.717) is 0 Å². The van der Waals surface area contributed by atoms with Gasteiger partial charge in [-0.1, -0.05) is 43.2 Å². The zero-order valence-electron chi connectivity index (χ0n) is 9.34. The SMILES string of the molecule is CCCCO[Si](C)c1cccc(C)c1. The van der Waals surface area contributed by atoms with E-state index in [1.54, 1.807) is 0 Å². The van der Waals surface area contributed by atoms with E-state index in [9.17, 15) is 0 Å². The maximum Gasteiger partial charge on any atom is 0.243 e. The molecular formula is C12H19OSi. The Morgan fingerprint density at radius 1 is 1.36 bits per heavy atom. The number of hydrogen-bond donors (Lipinski definition) is 0. The molecule has 0 saturated heterocycles. The molecule has 0 aromatic heterocycles. The van der Waals surface area contributed by atoms with Crippen molar-refractivity contribution in [3.05, 3.63) is 29.8 Å². The van der Waals surface area contributed by atoms with Gasteiger partial charge in [0.1, 0.15) is 0 Å². The first-order valence-electron chi connectivity index (χ1n) is 5.27. The molecule has 14 heavy (non-hydrogen) atoms. The summed E-state index contributed by atoms with van der Waals surface area (Å²) in [7, 11) is -0.762. The average Bonchev–Trinajstić information content (AvgIpc) is 2.18. The second kappa shape index (κ2) is 5.99. The molecule has 0 unspecified atom stereocenters. The van der Waals surface area contributed by atoms with Crippen LogP contribution in [0.4, 0.5) is 0 Å². The molecule has 0 spiro atoms. The van der Waals surface area contributed by atoms with E-state index >= 15 is 0 Å². The summed E-state index contributed by atoms with van der Waals surface area (Å²) in [5.74, 6) is 0. The second-order valence-corrected chi connectivity index (χ2v) is 5.61. The lowest BCUT2D eigenvalue weighted by Gasteiger charge is -2.11. The Kier molecular flexibility index (Phi) is 4.91. The van der Waals surface area contributed by atoms with Crippen molar-refractivity contribution in [1.82, 2.24) is 0 Å². The van der Waals surface area contributed by atoms with Crippen LogP contribution in [-0.2, 0) is 4.43 Å². The van der Waals surface area contributed by atoms with E-state index in [2.05, 4.69) is 44.7 Å². The molecule has 0 N–H and O–H groups in total. The smallest absolute Gasteiger partial charge is 0.243 e. The van der Waals surface area contributed by atoms with Gasteiger partial charge in [0, 0.05) is 6.61 Å². The zero-order chi connectivity index (χ0) is 10.4. The van der Waals surface area contributed by atoms with Crippen LogP contribution >= 0.6 is 0 Å². The molecule has 0 heterocycles. The lowest BCUT2D eigenvalue weighted by molar-refractivity contribution is 0.320. The average molecular weight is 207 g/mol. The molecule has 0 atom stereocenters. The first-order chi connectivity index (χ1) is 6.74. The van der Waals surface area contributed by atoms with Gasteiger partial charge in [0.15, 0.2) is 0 Å². The van der Waals surface area contributed by atoms with Crippen molar-refractivity contribution in [1.29, 1.82) is 0 Å². The monoisotopic (exact) mass is 207 g/mol. The molecule has 1 rings (SSSR count). The van der Waals surface area contributed by atoms with Crippen LogP contribution in [0, 0.1) is 6.92 Å². The highest BCUT2D eigenvalue weighted by atomic mass is 28.3. The Hall–Kier alpha value is -0.603. The minimum Gasteiger partial charge on any atom is -0.412 e. The van der Waals surface area contributed by atoms with Crippen molar-refractivity contribution in [2.45, 2.75) is 33.2 Å². The fourth-order valence-electron chi connectivity index (χ4n) is 1.32. The highest BCUT2D eigenvalue weighted by Gasteiger charge is 2.08. The van der Waals surface area contributed by atoms with E-state index in [4.69, 9.17) is 4.43 Å². The minimum atomic E-state index is -0.762. The Labute approximate surface area is 88.8 Å².